The molecular weight excluding hydrogens is 268 g/mol. The summed E-state index contributed by atoms with van der Waals surface area (Å²) in [6.07, 6.45) is 1.79. The Morgan fingerprint density at radius 1 is 1.45 bits per heavy atom. The maximum absolute atomic E-state index is 14.0. The molecule has 20 heavy (non-hydrogen) atoms. The van der Waals surface area contributed by atoms with Gasteiger partial charge in [-0.2, -0.15) is 9.65 Å². The first-order valence-corrected chi connectivity index (χ1v) is 5.55. The molecule has 1 aromatic heterocycles. The standard InChI is InChI=1S/C13H9F2N3O2/c1-18-9(6-17-11(18)7-19)8-2-3-10(20-5-4-16)13(15)12(8)14/h2-3,6-7H,5H2,1H3. The van der Waals surface area contributed by atoms with Crippen LogP contribution < -0.4 is 4.74 Å². The van der Waals surface area contributed by atoms with Gasteiger partial charge in [-0.05, 0) is 12.1 Å². The number of aldehydes is 1. The Labute approximate surface area is 113 Å². The first kappa shape index (κ1) is 13.7. The third-order valence-electron chi connectivity index (χ3n) is 2.74. The van der Waals surface area contributed by atoms with Crippen molar-refractivity contribution >= 4 is 6.29 Å². The number of hydrogen-bond acceptors (Lipinski definition) is 4. The predicted molar refractivity (Wildman–Crippen MR) is 65.1 cm³/mol. The van der Waals surface area contributed by atoms with Crippen LogP contribution >= 0.6 is 0 Å². The second kappa shape index (κ2) is 5.48. The van der Waals surface area contributed by atoms with Crippen LogP contribution in [0.25, 0.3) is 11.3 Å². The Bertz CT molecular complexity index is 704. The maximum Gasteiger partial charge on any atom is 0.201 e. The number of aromatic nitrogens is 2. The largest absolute Gasteiger partial charge is 0.476 e. The molecule has 7 heteroatoms. The van der Waals surface area contributed by atoms with Crippen LogP contribution in [-0.4, -0.2) is 22.4 Å². The van der Waals surface area contributed by atoms with Crippen LogP contribution in [-0.2, 0) is 7.05 Å². The number of halogens is 2. The molecule has 0 aliphatic carbocycles. The van der Waals surface area contributed by atoms with Crippen molar-refractivity contribution in [3.8, 4) is 23.1 Å². The highest BCUT2D eigenvalue weighted by atomic mass is 19.2. The van der Waals surface area contributed by atoms with Gasteiger partial charge >= 0.3 is 0 Å². The summed E-state index contributed by atoms with van der Waals surface area (Å²) >= 11 is 0. The lowest BCUT2D eigenvalue weighted by Crippen LogP contribution is -2.02. The fourth-order valence-corrected chi connectivity index (χ4v) is 1.73. The smallest absolute Gasteiger partial charge is 0.201 e. The van der Waals surface area contributed by atoms with Crippen molar-refractivity contribution in [2.75, 3.05) is 6.61 Å². The van der Waals surface area contributed by atoms with Crippen molar-refractivity contribution < 1.29 is 18.3 Å². The summed E-state index contributed by atoms with van der Waals surface area (Å²) in [6.45, 7) is -0.378. The van der Waals surface area contributed by atoms with Crippen LogP contribution in [0.5, 0.6) is 5.75 Å². The highest BCUT2D eigenvalue weighted by Gasteiger charge is 2.18. The summed E-state index contributed by atoms with van der Waals surface area (Å²) in [4.78, 5) is 14.5. The van der Waals surface area contributed by atoms with E-state index < -0.39 is 11.6 Å². The van der Waals surface area contributed by atoms with Crippen LogP contribution in [0.15, 0.2) is 18.3 Å². The van der Waals surface area contributed by atoms with Crippen molar-refractivity contribution in [3.63, 3.8) is 0 Å². The molecule has 0 bridgehead atoms. The molecule has 0 amide bonds. The first-order chi connectivity index (χ1) is 9.60. The molecule has 0 radical (unpaired) electrons. The SMILES string of the molecule is Cn1c(-c2ccc(OCC#N)c(F)c2F)cnc1C=O. The molecule has 5 nitrogen and oxygen atoms in total. The van der Waals surface area contributed by atoms with Gasteiger partial charge in [0, 0.05) is 12.6 Å². The molecule has 0 atom stereocenters. The number of imidazole rings is 1. The van der Waals surface area contributed by atoms with E-state index in [1.54, 1.807) is 6.07 Å². The van der Waals surface area contributed by atoms with Gasteiger partial charge in [0.1, 0.15) is 6.07 Å². The van der Waals surface area contributed by atoms with Gasteiger partial charge in [0.05, 0.1) is 11.9 Å². The van der Waals surface area contributed by atoms with Gasteiger partial charge in [-0.3, -0.25) is 4.79 Å². The molecule has 0 N–H and O–H groups in total. The molecule has 2 rings (SSSR count). The Morgan fingerprint density at radius 3 is 2.80 bits per heavy atom. The van der Waals surface area contributed by atoms with Gasteiger partial charge < -0.3 is 9.30 Å². The zero-order chi connectivity index (χ0) is 14.7. The average molecular weight is 277 g/mol. The lowest BCUT2D eigenvalue weighted by atomic mass is 10.1. The lowest BCUT2D eigenvalue weighted by molar-refractivity contribution is 0.111. The van der Waals surface area contributed by atoms with Crippen molar-refractivity contribution in [3.05, 3.63) is 35.8 Å². The van der Waals surface area contributed by atoms with Gasteiger partial charge in [-0.15, -0.1) is 0 Å². The Morgan fingerprint density at radius 2 is 2.20 bits per heavy atom. The fourth-order valence-electron chi connectivity index (χ4n) is 1.73. The molecule has 0 aliphatic heterocycles. The van der Waals surface area contributed by atoms with Crippen LogP contribution in [0.1, 0.15) is 10.6 Å². The van der Waals surface area contributed by atoms with E-state index in [0.717, 1.165) is 0 Å². The van der Waals surface area contributed by atoms with E-state index in [1.165, 1.54) is 29.9 Å². The normalized spacial score (nSPS) is 10.1. The minimum absolute atomic E-state index is 0.0464. The van der Waals surface area contributed by atoms with E-state index >= 15 is 0 Å². The second-order valence-electron chi connectivity index (χ2n) is 3.86. The van der Waals surface area contributed by atoms with Gasteiger partial charge in [-0.25, -0.2) is 9.37 Å². The molecule has 0 unspecified atom stereocenters. The summed E-state index contributed by atoms with van der Waals surface area (Å²) in [5.41, 5.74) is 0.213. The van der Waals surface area contributed by atoms with E-state index in [9.17, 15) is 13.6 Å². The van der Waals surface area contributed by atoms with Gasteiger partial charge in [0.2, 0.25) is 5.82 Å². The Kier molecular flexibility index (Phi) is 3.75. The average Bonchev–Trinajstić information content (AvgIpc) is 2.81. The minimum Gasteiger partial charge on any atom is -0.476 e. The monoisotopic (exact) mass is 277 g/mol. The fraction of sp³-hybridized carbons (Fsp3) is 0.154. The highest BCUT2D eigenvalue weighted by molar-refractivity contribution is 5.73. The third-order valence-corrected chi connectivity index (χ3v) is 2.74. The number of hydrogen-bond donors (Lipinski definition) is 0. The number of nitrogens with zero attached hydrogens (tertiary/aromatic N) is 3. The number of benzene rings is 1. The molecule has 0 fully saturated rings. The Balaban J connectivity index is 2.48. The molecule has 102 valence electrons. The Hall–Kier alpha value is -2.75. The van der Waals surface area contributed by atoms with Gasteiger partial charge in [0.25, 0.3) is 0 Å². The summed E-state index contributed by atoms with van der Waals surface area (Å²) < 4.78 is 33.9. The summed E-state index contributed by atoms with van der Waals surface area (Å²) in [7, 11) is 1.52. The van der Waals surface area contributed by atoms with Crippen molar-refractivity contribution in [1.29, 1.82) is 5.26 Å². The van der Waals surface area contributed by atoms with Crippen LogP contribution in [0.2, 0.25) is 0 Å². The van der Waals surface area contributed by atoms with E-state index in [0.29, 0.717) is 6.29 Å². The number of ether oxygens (including phenoxy) is 1. The van der Waals surface area contributed by atoms with E-state index in [4.69, 9.17) is 10.00 Å². The highest BCUT2D eigenvalue weighted by Crippen LogP contribution is 2.29. The van der Waals surface area contributed by atoms with Crippen molar-refractivity contribution in [2.24, 2.45) is 7.05 Å². The molecule has 0 saturated heterocycles. The predicted octanol–water partition coefficient (Wildman–Crippen LogP) is 2.08. The van der Waals surface area contributed by atoms with Crippen molar-refractivity contribution in [1.82, 2.24) is 9.55 Å². The maximum atomic E-state index is 14.0. The van der Waals surface area contributed by atoms with Gasteiger partial charge in [0.15, 0.2) is 30.3 Å². The van der Waals surface area contributed by atoms with Gasteiger partial charge in [-0.1, -0.05) is 0 Å². The number of rotatable bonds is 4. The molecule has 1 heterocycles. The summed E-state index contributed by atoms with van der Waals surface area (Å²) in [5.74, 6) is -2.55. The first-order valence-electron chi connectivity index (χ1n) is 5.55. The summed E-state index contributed by atoms with van der Waals surface area (Å²) in [5, 5.41) is 8.35. The quantitative estimate of drug-likeness (QED) is 0.802. The lowest BCUT2D eigenvalue weighted by Gasteiger charge is -2.09. The number of nitriles is 1. The molecule has 0 aliphatic rings. The zero-order valence-electron chi connectivity index (χ0n) is 10.4. The molecule has 2 aromatic rings. The topological polar surface area (TPSA) is 67.9 Å². The van der Waals surface area contributed by atoms with Crippen LogP contribution in [0, 0.1) is 23.0 Å². The second-order valence-corrected chi connectivity index (χ2v) is 3.86. The van der Waals surface area contributed by atoms with Crippen molar-refractivity contribution in [2.45, 2.75) is 0 Å². The van der Waals surface area contributed by atoms with Crippen LogP contribution in [0.3, 0.4) is 0 Å². The zero-order valence-corrected chi connectivity index (χ0v) is 10.4. The van der Waals surface area contributed by atoms with E-state index in [-0.39, 0.29) is 29.4 Å². The molecule has 0 saturated carbocycles. The molecular formula is C13H9F2N3O2. The minimum atomic E-state index is -1.19. The number of carbonyl (C=O) groups excluding carboxylic acids is 1. The number of carbonyl (C=O) groups is 1. The van der Waals surface area contributed by atoms with Crippen LogP contribution in [0.4, 0.5) is 8.78 Å². The molecule has 0 spiro atoms. The third kappa shape index (κ3) is 2.23. The van der Waals surface area contributed by atoms with E-state index in [2.05, 4.69) is 4.98 Å². The molecule has 1 aromatic carbocycles. The summed E-state index contributed by atoms with van der Waals surface area (Å²) in [6, 6.07) is 4.19. The van der Waals surface area contributed by atoms with E-state index in [1.807, 2.05) is 0 Å².